The first-order valence-electron chi connectivity index (χ1n) is 5.92. The van der Waals surface area contributed by atoms with Crippen molar-refractivity contribution in [1.82, 2.24) is 4.90 Å². The van der Waals surface area contributed by atoms with Crippen molar-refractivity contribution < 1.29 is 22.7 Å². The van der Waals surface area contributed by atoms with E-state index >= 15 is 0 Å². The molecule has 0 N–H and O–H groups in total. The van der Waals surface area contributed by atoms with Gasteiger partial charge in [0.1, 0.15) is 18.4 Å². The Morgan fingerprint density at radius 2 is 2.10 bits per heavy atom. The van der Waals surface area contributed by atoms with Crippen LogP contribution in [0.1, 0.15) is 12.0 Å². The highest BCUT2D eigenvalue weighted by molar-refractivity contribution is 5.83. The highest BCUT2D eigenvalue weighted by Gasteiger charge is 2.40. The van der Waals surface area contributed by atoms with Gasteiger partial charge in [-0.25, -0.2) is 0 Å². The summed E-state index contributed by atoms with van der Waals surface area (Å²) in [6, 6.07) is 8.20. The highest BCUT2D eigenvalue weighted by Crippen LogP contribution is 2.25. The van der Waals surface area contributed by atoms with Crippen molar-refractivity contribution in [3.63, 3.8) is 0 Å². The lowest BCUT2D eigenvalue weighted by atomic mass is 10.2. The van der Waals surface area contributed by atoms with E-state index in [0.717, 1.165) is 4.90 Å². The number of carbonyl (C=O) groups is 1. The molecule has 1 heterocycles. The number of amides is 1. The summed E-state index contributed by atoms with van der Waals surface area (Å²) in [5.41, 5.74) is 0.245. The number of benzene rings is 1. The van der Waals surface area contributed by atoms with Crippen LogP contribution in [0.15, 0.2) is 24.3 Å². The number of hydrogen-bond donors (Lipinski definition) is 0. The summed E-state index contributed by atoms with van der Waals surface area (Å²) in [6.07, 6.45) is -5.21. The highest BCUT2D eigenvalue weighted by atomic mass is 19.4. The maximum absolute atomic E-state index is 12.3. The van der Waals surface area contributed by atoms with Crippen molar-refractivity contribution in [3.8, 4) is 11.8 Å². The number of alkyl halides is 3. The van der Waals surface area contributed by atoms with E-state index in [-0.39, 0.29) is 24.3 Å². The zero-order valence-corrected chi connectivity index (χ0v) is 10.4. The summed E-state index contributed by atoms with van der Waals surface area (Å²) in [6.45, 7) is -1.27. The van der Waals surface area contributed by atoms with Gasteiger partial charge in [-0.1, -0.05) is 12.1 Å². The van der Waals surface area contributed by atoms with Crippen LogP contribution in [0, 0.1) is 11.3 Å². The molecule has 1 aliphatic rings. The molecule has 1 fully saturated rings. The molecule has 1 amide bonds. The largest absolute Gasteiger partial charge is 0.479 e. The van der Waals surface area contributed by atoms with Gasteiger partial charge < -0.3 is 9.64 Å². The summed E-state index contributed by atoms with van der Waals surface area (Å²) in [4.78, 5) is 12.5. The first kappa shape index (κ1) is 14.2. The van der Waals surface area contributed by atoms with Crippen LogP contribution >= 0.6 is 0 Å². The van der Waals surface area contributed by atoms with Crippen LogP contribution in [-0.4, -0.2) is 36.2 Å². The van der Waals surface area contributed by atoms with E-state index in [1.165, 1.54) is 12.1 Å². The summed E-state index contributed by atoms with van der Waals surface area (Å²) in [5.74, 6) is -0.489. The van der Waals surface area contributed by atoms with Crippen molar-refractivity contribution in [2.75, 3.05) is 13.1 Å². The number of nitrogens with zero attached hydrogens (tertiary/aromatic N) is 2. The Labute approximate surface area is 113 Å². The van der Waals surface area contributed by atoms with Crippen molar-refractivity contribution in [1.29, 1.82) is 5.26 Å². The minimum Gasteiger partial charge on any atom is -0.479 e. The molecule has 1 aromatic carbocycles. The SMILES string of the molecule is N#Cc1ccccc1OC1CCN(CC(F)(F)F)C1=O. The van der Waals surface area contributed by atoms with Crippen LogP contribution < -0.4 is 4.74 Å². The quantitative estimate of drug-likeness (QED) is 0.854. The lowest BCUT2D eigenvalue weighted by molar-refractivity contribution is -0.159. The third-order valence-electron chi connectivity index (χ3n) is 2.90. The predicted octanol–water partition coefficient (Wildman–Crippen LogP) is 2.10. The number of halogens is 3. The van der Waals surface area contributed by atoms with E-state index in [2.05, 4.69) is 0 Å². The summed E-state index contributed by atoms with van der Waals surface area (Å²) < 4.78 is 42.2. The second-order valence-corrected chi connectivity index (χ2v) is 4.38. The van der Waals surface area contributed by atoms with Crippen LogP contribution in [-0.2, 0) is 4.79 Å². The minimum absolute atomic E-state index is 0.00225. The van der Waals surface area contributed by atoms with Crippen molar-refractivity contribution in [2.45, 2.75) is 18.7 Å². The van der Waals surface area contributed by atoms with Gasteiger partial charge in [0.25, 0.3) is 5.91 Å². The number of hydrogen-bond acceptors (Lipinski definition) is 3. The van der Waals surface area contributed by atoms with Gasteiger partial charge in [-0.2, -0.15) is 18.4 Å². The Morgan fingerprint density at radius 1 is 1.40 bits per heavy atom. The van der Waals surface area contributed by atoms with Gasteiger partial charge in [0.2, 0.25) is 0 Å². The second kappa shape index (κ2) is 5.41. The molecule has 106 valence electrons. The Hall–Kier alpha value is -2.23. The molecule has 1 aromatic rings. The molecule has 1 aliphatic heterocycles. The number of likely N-dealkylation sites (tertiary alicyclic amines) is 1. The summed E-state index contributed by atoms with van der Waals surface area (Å²) in [7, 11) is 0. The lowest BCUT2D eigenvalue weighted by Gasteiger charge is -2.18. The molecule has 20 heavy (non-hydrogen) atoms. The van der Waals surface area contributed by atoms with E-state index < -0.39 is 24.7 Å². The topological polar surface area (TPSA) is 53.3 Å². The summed E-state index contributed by atoms with van der Waals surface area (Å²) in [5, 5.41) is 8.89. The van der Waals surface area contributed by atoms with Gasteiger partial charge >= 0.3 is 6.18 Å². The monoisotopic (exact) mass is 284 g/mol. The van der Waals surface area contributed by atoms with Gasteiger partial charge in [-0.05, 0) is 12.1 Å². The lowest BCUT2D eigenvalue weighted by Crippen LogP contribution is -2.38. The Kier molecular flexibility index (Phi) is 3.84. The number of ether oxygens (including phenoxy) is 1. The molecular formula is C13H11F3N2O2. The zero-order chi connectivity index (χ0) is 14.8. The van der Waals surface area contributed by atoms with Crippen molar-refractivity contribution in [2.24, 2.45) is 0 Å². The minimum atomic E-state index is -4.42. The second-order valence-electron chi connectivity index (χ2n) is 4.38. The normalized spacial score (nSPS) is 19.0. The molecule has 0 aliphatic carbocycles. The third kappa shape index (κ3) is 3.20. The Balaban J connectivity index is 2.06. The van der Waals surface area contributed by atoms with E-state index in [1.807, 2.05) is 6.07 Å². The molecule has 0 spiro atoms. The molecule has 1 unspecified atom stereocenters. The fourth-order valence-electron chi connectivity index (χ4n) is 2.01. The molecule has 0 saturated carbocycles. The number of para-hydroxylation sites is 1. The number of nitriles is 1. The average Bonchev–Trinajstić information content (AvgIpc) is 2.70. The Bertz CT molecular complexity index is 551. The maximum Gasteiger partial charge on any atom is 0.406 e. The maximum atomic E-state index is 12.3. The molecule has 4 nitrogen and oxygen atoms in total. The van der Waals surface area contributed by atoms with Gasteiger partial charge in [0.15, 0.2) is 6.10 Å². The molecule has 0 bridgehead atoms. The van der Waals surface area contributed by atoms with E-state index in [4.69, 9.17) is 10.00 Å². The van der Waals surface area contributed by atoms with Crippen LogP contribution in [0.5, 0.6) is 5.75 Å². The summed E-state index contributed by atoms with van der Waals surface area (Å²) >= 11 is 0. The molecular weight excluding hydrogens is 273 g/mol. The van der Waals surface area contributed by atoms with Crippen LogP contribution in [0.4, 0.5) is 13.2 Å². The fraction of sp³-hybridized carbons (Fsp3) is 0.385. The molecule has 1 saturated heterocycles. The van der Waals surface area contributed by atoms with Gasteiger partial charge in [-0.3, -0.25) is 4.79 Å². The predicted molar refractivity (Wildman–Crippen MR) is 62.8 cm³/mol. The number of rotatable bonds is 3. The standard InChI is InChI=1S/C13H11F3N2O2/c14-13(15,16)8-18-6-5-11(12(18)19)20-10-4-2-1-3-9(10)7-17/h1-4,11H,5-6,8H2. The van der Waals surface area contributed by atoms with Gasteiger partial charge in [0.05, 0.1) is 5.56 Å². The molecule has 2 rings (SSSR count). The van der Waals surface area contributed by atoms with E-state index in [1.54, 1.807) is 12.1 Å². The molecule has 1 atom stereocenters. The first-order chi connectivity index (χ1) is 9.40. The molecule has 0 radical (unpaired) electrons. The zero-order valence-electron chi connectivity index (χ0n) is 10.4. The third-order valence-corrected chi connectivity index (χ3v) is 2.90. The van der Waals surface area contributed by atoms with Crippen LogP contribution in [0.25, 0.3) is 0 Å². The smallest absolute Gasteiger partial charge is 0.406 e. The van der Waals surface area contributed by atoms with Crippen molar-refractivity contribution in [3.05, 3.63) is 29.8 Å². The molecule has 0 aromatic heterocycles. The van der Waals surface area contributed by atoms with Crippen molar-refractivity contribution >= 4 is 5.91 Å². The molecule has 7 heteroatoms. The van der Waals surface area contributed by atoms with Gasteiger partial charge in [0, 0.05) is 13.0 Å². The Morgan fingerprint density at radius 3 is 2.75 bits per heavy atom. The van der Waals surface area contributed by atoms with Gasteiger partial charge in [-0.15, -0.1) is 0 Å². The van der Waals surface area contributed by atoms with E-state index in [0.29, 0.717) is 0 Å². The van der Waals surface area contributed by atoms with E-state index in [9.17, 15) is 18.0 Å². The van der Waals surface area contributed by atoms with Crippen LogP contribution in [0.2, 0.25) is 0 Å². The first-order valence-corrected chi connectivity index (χ1v) is 5.92. The average molecular weight is 284 g/mol. The van der Waals surface area contributed by atoms with Crippen LogP contribution in [0.3, 0.4) is 0 Å². The fourth-order valence-corrected chi connectivity index (χ4v) is 2.01. The number of carbonyl (C=O) groups excluding carboxylic acids is 1.